The van der Waals surface area contributed by atoms with Crippen molar-refractivity contribution in [3.05, 3.63) is 47.1 Å². The topological polar surface area (TPSA) is 82.7 Å². The van der Waals surface area contributed by atoms with Crippen molar-refractivity contribution in [2.75, 3.05) is 19.6 Å². The molecule has 1 aliphatic heterocycles. The van der Waals surface area contributed by atoms with Crippen molar-refractivity contribution in [2.24, 2.45) is 22.1 Å². The molecule has 0 bridgehead atoms. The quantitative estimate of drug-likeness (QED) is 0.383. The summed E-state index contributed by atoms with van der Waals surface area (Å²) in [4.78, 5) is 4.58. The van der Waals surface area contributed by atoms with Crippen LogP contribution in [0.4, 0.5) is 13.2 Å². The van der Waals surface area contributed by atoms with Crippen LogP contribution in [0.2, 0.25) is 0 Å². The molecule has 4 rings (SSSR count). The van der Waals surface area contributed by atoms with Crippen LogP contribution in [-0.4, -0.2) is 54.4 Å². The zero-order chi connectivity index (χ0) is 23.1. The Morgan fingerprint density at radius 1 is 1.41 bits per heavy atom. The van der Waals surface area contributed by atoms with Gasteiger partial charge in [0.1, 0.15) is 5.84 Å². The minimum absolute atomic E-state index is 0.188. The largest absolute Gasteiger partial charge is 0.416 e. The van der Waals surface area contributed by atoms with Gasteiger partial charge in [0.15, 0.2) is 0 Å². The van der Waals surface area contributed by atoms with Gasteiger partial charge in [0, 0.05) is 36.7 Å². The minimum Gasteiger partial charge on any atom is -0.385 e. The van der Waals surface area contributed by atoms with Gasteiger partial charge in [-0.3, -0.25) is 4.99 Å². The molecule has 3 unspecified atom stereocenters. The third-order valence-electron chi connectivity index (χ3n) is 7.24. The van der Waals surface area contributed by atoms with E-state index < -0.39 is 23.3 Å². The van der Waals surface area contributed by atoms with E-state index in [1.807, 2.05) is 26.0 Å². The highest BCUT2D eigenvalue weighted by atomic mass is 19.4. The first-order valence-electron chi connectivity index (χ1n) is 11.4. The molecule has 1 heterocycles. The Morgan fingerprint density at radius 2 is 2.16 bits per heavy atom. The number of rotatable bonds is 5. The van der Waals surface area contributed by atoms with E-state index in [0.29, 0.717) is 18.8 Å². The Hall–Kier alpha value is -1.90. The van der Waals surface area contributed by atoms with E-state index in [-0.39, 0.29) is 17.5 Å². The molecule has 4 aliphatic rings. The zero-order valence-electron chi connectivity index (χ0n) is 18.7. The first-order chi connectivity index (χ1) is 15.1. The fraction of sp³-hybridized carbons (Fsp3) is 0.625. The van der Waals surface area contributed by atoms with Gasteiger partial charge < -0.3 is 21.5 Å². The van der Waals surface area contributed by atoms with Gasteiger partial charge in [-0.15, -0.1) is 0 Å². The highest BCUT2D eigenvalue weighted by molar-refractivity contribution is 6.00. The molecule has 1 saturated carbocycles. The van der Waals surface area contributed by atoms with Crippen molar-refractivity contribution >= 4 is 5.84 Å². The Labute approximate surface area is 187 Å². The molecular formula is C24H33F3N4O. The summed E-state index contributed by atoms with van der Waals surface area (Å²) in [5.74, 6) is 0.204. The number of nitrogens with zero attached hydrogens (tertiary/aromatic N) is 1. The van der Waals surface area contributed by atoms with Crippen LogP contribution in [0.25, 0.3) is 0 Å². The lowest BCUT2D eigenvalue weighted by atomic mass is 9.55. The molecule has 0 aromatic rings. The lowest BCUT2D eigenvalue weighted by molar-refractivity contribution is -0.0894. The average molecular weight is 451 g/mol. The highest BCUT2D eigenvalue weighted by Gasteiger charge is 2.56. The van der Waals surface area contributed by atoms with E-state index in [0.717, 1.165) is 49.6 Å². The molecule has 1 saturated heterocycles. The summed E-state index contributed by atoms with van der Waals surface area (Å²) in [6.07, 6.45) is 6.71. The maximum Gasteiger partial charge on any atom is 0.416 e. The van der Waals surface area contributed by atoms with Gasteiger partial charge in [0.2, 0.25) is 0 Å². The number of nitrogens with two attached hydrogens (primary N) is 1. The van der Waals surface area contributed by atoms with E-state index >= 15 is 0 Å². The van der Waals surface area contributed by atoms with Gasteiger partial charge in [-0.25, -0.2) is 0 Å². The first kappa shape index (κ1) is 23.3. The highest BCUT2D eigenvalue weighted by Crippen LogP contribution is 2.55. The minimum atomic E-state index is -4.34. The van der Waals surface area contributed by atoms with Crippen molar-refractivity contribution in [3.63, 3.8) is 0 Å². The van der Waals surface area contributed by atoms with E-state index in [1.165, 1.54) is 6.08 Å². The van der Waals surface area contributed by atoms with Crippen LogP contribution in [0.15, 0.2) is 52.1 Å². The summed E-state index contributed by atoms with van der Waals surface area (Å²) in [6, 6.07) is -0.576. The van der Waals surface area contributed by atoms with Crippen molar-refractivity contribution in [2.45, 2.75) is 63.4 Å². The van der Waals surface area contributed by atoms with Gasteiger partial charge >= 0.3 is 6.18 Å². The van der Waals surface area contributed by atoms with Crippen molar-refractivity contribution in [3.8, 4) is 0 Å². The molecular weight excluding hydrogens is 417 g/mol. The van der Waals surface area contributed by atoms with Gasteiger partial charge in [-0.05, 0) is 63.1 Å². The molecule has 3 aliphatic carbocycles. The normalized spacial score (nSPS) is 36.0. The lowest BCUT2D eigenvalue weighted by Crippen LogP contribution is -2.54. The van der Waals surface area contributed by atoms with E-state index in [1.54, 1.807) is 6.08 Å². The molecule has 5 nitrogen and oxygen atoms in total. The third kappa shape index (κ3) is 4.45. The summed E-state index contributed by atoms with van der Waals surface area (Å²) in [6.45, 7) is 6.21. The number of nitrogens with one attached hydrogen (secondary N) is 2. The fourth-order valence-corrected chi connectivity index (χ4v) is 5.50. The SMILES string of the molecule is CC/N=C(/NC(C)C1C=CC(C(F)(F)F)=C1)C1=CC(C2(O)CC3(CCNC3)C2)=CCC1N. The molecule has 2 fully saturated rings. The maximum atomic E-state index is 13.0. The van der Waals surface area contributed by atoms with Crippen LogP contribution in [0.5, 0.6) is 0 Å². The number of aliphatic hydroxyl groups is 1. The number of hydrogen-bond acceptors (Lipinski definition) is 4. The first-order valence-corrected chi connectivity index (χ1v) is 11.4. The molecule has 32 heavy (non-hydrogen) atoms. The van der Waals surface area contributed by atoms with Crippen molar-refractivity contribution in [1.82, 2.24) is 10.6 Å². The number of amidine groups is 1. The smallest absolute Gasteiger partial charge is 0.385 e. The summed E-state index contributed by atoms with van der Waals surface area (Å²) >= 11 is 0. The molecule has 1 spiro atoms. The second kappa shape index (κ2) is 8.47. The van der Waals surface area contributed by atoms with E-state index in [4.69, 9.17) is 5.73 Å². The Kier molecular flexibility index (Phi) is 6.15. The molecule has 0 radical (unpaired) electrons. The van der Waals surface area contributed by atoms with Gasteiger partial charge in [0.05, 0.1) is 11.2 Å². The predicted octanol–water partition coefficient (Wildman–Crippen LogP) is 3.15. The molecule has 8 heteroatoms. The Balaban J connectivity index is 1.50. The molecule has 5 N–H and O–H groups in total. The van der Waals surface area contributed by atoms with Crippen LogP contribution >= 0.6 is 0 Å². The molecule has 0 aromatic carbocycles. The number of halogens is 3. The van der Waals surface area contributed by atoms with Gasteiger partial charge in [0.25, 0.3) is 0 Å². The second-order valence-corrected chi connectivity index (χ2v) is 9.73. The molecule has 0 amide bonds. The summed E-state index contributed by atoms with van der Waals surface area (Å²) in [5.41, 5.74) is 6.80. The van der Waals surface area contributed by atoms with Crippen LogP contribution in [-0.2, 0) is 0 Å². The number of allylic oxidation sites excluding steroid dienone is 2. The monoisotopic (exact) mass is 450 g/mol. The maximum absolute atomic E-state index is 13.0. The van der Waals surface area contributed by atoms with Gasteiger partial charge in [-0.1, -0.05) is 24.3 Å². The Bertz CT molecular complexity index is 885. The zero-order valence-corrected chi connectivity index (χ0v) is 18.7. The number of alkyl halides is 3. The summed E-state index contributed by atoms with van der Waals surface area (Å²) in [5, 5.41) is 18.0. The third-order valence-corrected chi connectivity index (χ3v) is 7.24. The fourth-order valence-electron chi connectivity index (χ4n) is 5.50. The van der Waals surface area contributed by atoms with Crippen LogP contribution in [0.1, 0.15) is 39.5 Å². The standard InChI is InChI=1S/C24H33F3N4O/c1-3-30-21(31-15(2)16-4-5-18(10-16)24(25,26)27)19-11-17(6-7-20(19)28)23(32)12-22(13-23)8-9-29-14-22/h4-6,10-11,15-16,20,29,32H,3,7-9,12-14,28H2,1-2H3,(H,30,31). The summed E-state index contributed by atoms with van der Waals surface area (Å²) in [7, 11) is 0. The molecule has 3 atom stereocenters. The Morgan fingerprint density at radius 3 is 2.75 bits per heavy atom. The van der Waals surface area contributed by atoms with Crippen LogP contribution in [0, 0.1) is 11.3 Å². The van der Waals surface area contributed by atoms with Crippen LogP contribution < -0.4 is 16.4 Å². The molecule has 176 valence electrons. The van der Waals surface area contributed by atoms with E-state index in [9.17, 15) is 18.3 Å². The predicted molar refractivity (Wildman–Crippen MR) is 120 cm³/mol. The van der Waals surface area contributed by atoms with Crippen LogP contribution in [0.3, 0.4) is 0 Å². The average Bonchev–Trinajstić information content (AvgIpc) is 3.37. The lowest BCUT2D eigenvalue weighted by Gasteiger charge is -2.52. The van der Waals surface area contributed by atoms with E-state index in [2.05, 4.69) is 15.6 Å². The number of aliphatic imine (C=N–C) groups is 1. The van der Waals surface area contributed by atoms with Gasteiger partial charge in [-0.2, -0.15) is 13.2 Å². The van der Waals surface area contributed by atoms with Crippen molar-refractivity contribution < 1.29 is 18.3 Å². The van der Waals surface area contributed by atoms with Crippen molar-refractivity contribution in [1.29, 1.82) is 0 Å². The number of hydrogen-bond donors (Lipinski definition) is 4. The molecule has 0 aromatic heterocycles. The summed E-state index contributed by atoms with van der Waals surface area (Å²) < 4.78 is 39.0. The second-order valence-electron chi connectivity index (χ2n) is 9.73.